The topological polar surface area (TPSA) is 95.1 Å². The highest BCUT2D eigenvalue weighted by Crippen LogP contribution is 2.44. The third-order valence-corrected chi connectivity index (χ3v) is 7.68. The molecule has 0 bridgehead atoms. The van der Waals surface area contributed by atoms with Crippen LogP contribution >= 0.6 is 11.6 Å². The zero-order valence-electron chi connectivity index (χ0n) is 22.8. The van der Waals surface area contributed by atoms with Crippen molar-refractivity contribution in [3.63, 3.8) is 0 Å². The Morgan fingerprint density at radius 1 is 0.927 bits per heavy atom. The predicted octanol–water partition coefficient (Wildman–Crippen LogP) is 7.80. The lowest BCUT2D eigenvalue weighted by atomic mass is 9.74. The van der Waals surface area contributed by atoms with Gasteiger partial charge in [0.2, 0.25) is 0 Å². The van der Waals surface area contributed by atoms with E-state index >= 15 is 0 Å². The molecule has 7 heteroatoms. The number of aromatic nitrogens is 2. The smallest absolute Gasteiger partial charge is 0.305 e. The number of rotatable bonds is 11. The van der Waals surface area contributed by atoms with Crippen molar-refractivity contribution in [3.05, 3.63) is 124 Å². The van der Waals surface area contributed by atoms with Crippen LogP contribution in [-0.4, -0.2) is 33.5 Å². The summed E-state index contributed by atoms with van der Waals surface area (Å²) in [5, 5.41) is 13.3. The minimum absolute atomic E-state index is 0.0179. The summed E-state index contributed by atoms with van der Waals surface area (Å²) in [6, 6.07) is 30.2. The van der Waals surface area contributed by atoms with Gasteiger partial charge in [-0.2, -0.15) is 0 Å². The van der Waals surface area contributed by atoms with Gasteiger partial charge in [0.05, 0.1) is 23.3 Å². The van der Waals surface area contributed by atoms with Crippen LogP contribution < -0.4 is 5.32 Å². The molecule has 3 N–H and O–H groups in total. The Kier molecular flexibility index (Phi) is 8.80. The number of carbonyl (C=O) groups excluding carboxylic acids is 1. The molecule has 0 spiro atoms. The van der Waals surface area contributed by atoms with E-state index in [0.29, 0.717) is 10.6 Å². The standard InChI is InChI=1S/C34H32ClN3O3/c1-2-5-26(22-9-11-24(12-10-22)34(41)37-21-19-32(39)40)33(23-13-15-25(35)16-14-23)28-6-3-7-29-27(28)17-18-31(38-29)30-8-4-20-36-30/h3-4,6-18,20,26,33,36H,2,5,19,21H2,1H3,(H,37,41)(H,39,40)/t26-,33?/m1/s1. The predicted molar refractivity (Wildman–Crippen MR) is 164 cm³/mol. The maximum absolute atomic E-state index is 12.6. The number of H-pyrrole nitrogens is 1. The molecule has 3 aromatic carbocycles. The van der Waals surface area contributed by atoms with Gasteiger partial charge in [-0.3, -0.25) is 9.59 Å². The van der Waals surface area contributed by atoms with Crippen molar-refractivity contribution in [1.29, 1.82) is 0 Å². The second kappa shape index (κ2) is 12.8. The molecule has 2 aromatic heterocycles. The number of fused-ring (bicyclic) bond motifs is 1. The van der Waals surface area contributed by atoms with Crippen molar-refractivity contribution >= 4 is 34.4 Å². The number of pyridine rings is 1. The highest BCUT2D eigenvalue weighted by atomic mass is 35.5. The van der Waals surface area contributed by atoms with E-state index in [0.717, 1.165) is 46.3 Å². The molecule has 6 nitrogen and oxygen atoms in total. The van der Waals surface area contributed by atoms with E-state index in [2.05, 4.69) is 59.7 Å². The van der Waals surface area contributed by atoms with Crippen molar-refractivity contribution in [2.45, 2.75) is 38.0 Å². The van der Waals surface area contributed by atoms with Gasteiger partial charge < -0.3 is 15.4 Å². The Bertz CT molecular complexity index is 1630. The first-order valence-electron chi connectivity index (χ1n) is 13.8. The normalized spacial score (nSPS) is 12.6. The third-order valence-electron chi connectivity index (χ3n) is 7.43. The number of nitrogens with zero attached hydrogens (tertiary/aromatic N) is 1. The summed E-state index contributed by atoms with van der Waals surface area (Å²) >= 11 is 6.30. The first kappa shape index (κ1) is 28.1. The van der Waals surface area contributed by atoms with Crippen LogP contribution in [0.4, 0.5) is 0 Å². The van der Waals surface area contributed by atoms with Gasteiger partial charge in [0.25, 0.3) is 5.91 Å². The van der Waals surface area contributed by atoms with Crippen molar-refractivity contribution < 1.29 is 14.7 Å². The zero-order valence-corrected chi connectivity index (χ0v) is 23.6. The summed E-state index contributed by atoms with van der Waals surface area (Å²) in [6.07, 6.45) is 3.69. The maximum Gasteiger partial charge on any atom is 0.305 e. The van der Waals surface area contributed by atoms with E-state index in [1.165, 1.54) is 5.56 Å². The summed E-state index contributed by atoms with van der Waals surface area (Å²) in [5.41, 5.74) is 6.77. The number of hydrogen-bond acceptors (Lipinski definition) is 3. The number of nitrogens with one attached hydrogen (secondary N) is 2. The van der Waals surface area contributed by atoms with Gasteiger partial charge in [0.1, 0.15) is 0 Å². The fourth-order valence-electron chi connectivity index (χ4n) is 5.49. The first-order chi connectivity index (χ1) is 19.9. The summed E-state index contributed by atoms with van der Waals surface area (Å²) in [4.78, 5) is 31.6. The van der Waals surface area contributed by atoms with Crippen LogP contribution in [0.15, 0.2) is 97.2 Å². The number of carbonyl (C=O) groups is 2. The zero-order chi connectivity index (χ0) is 28.8. The molecule has 0 aliphatic rings. The molecule has 2 atom stereocenters. The number of carboxylic acid groups (broad SMARTS) is 1. The van der Waals surface area contributed by atoms with Crippen molar-refractivity contribution in [2.24, 2.45) is 0 Å². The Morgan fingerprint density at radius 3 is 2.37 bits per heavy atom. The minimum Gasteiger partial charge on any atom is -0.481 e. The van der Waals surface area contributed by atoms with Crippen molar-refractivity contribution in [2.75, 3.05) is 6.54 Å². The number of amides is 1. The number of benzene rings is 3. The molecule has 0 saturated heterocycles. The average Bonchev–Trinajstić information content (AvgIpc) is 3.53. The second-order valence-corrected chi connectivity index (χ2v) is 10.6. The summed E-state index contributed by atoms with van der Waals surface area (Å²) in [7, 11) is 0. The average molecular weight is 566 g/mol. The second-order valence-electron chi connectivity index (χ2n) is 10.1. The molecule has 0 aliphatic heterocycles. The van der Waals surface area contributed by atoms with Crippen LogP contribution in [0.1, 0.15) is 65.1 Å². The molecule has 0 aliphatic carbocycles. The molecule has 0 saturated carbocycles. The molecule has 208 valence electrons. The molecule has 41 heavy (non-hydrogen) atoms. The van der Waals surface area contributed by atoms with Gasteiger partial charge in [0, 0.05) is 34.6 Å². The summed E-state index contributed by atoms with van der Waals surface area (Å²) in [5.74, 6) is -1.08. The Hall–Kier alpha value is -4.42. The van der Waals surface area contributed by atoms with E-state index in [9.17, 15) is 9.59 Å². The molecule has 5 aromatic rings. The fourth-order valence-corrected chi connectivity index (χ4v) is 5.62. The monoisotopic (exact) mass is 565 g/mol. The SMILES string of the molecule is CCC[C@H](c1ccc(C(=O)NCCC(=O)O)cc1)C(c1ccc(Cl)cc1)c1cccc2nc(-c3ccc[nH]3)ccc12. The number of carboxylic acids is 1. The molecule has 0 fully saturated rings. The van der Waals surface area contributed by atoms with Crippen LogP contribution in [0.5, 0.6) is 0 Å². The van der Waals surface area contributed by atoms with E-state index in [1.807, 2.05) is 54.7 Å². The lowest BCUT2D eigenvalue weighted by Crippen LogP contribution is -2.26. The number of halogens is 1. The van der Waals surface area contributed by atoms with Crippen molar-refractivity contribution in [1.82, 2.24) is 15.3 Å². The van der Waals surface area contributed by atoms with E-state index < -0.39 is 5.97 Å². The third kappa shape index (κ3) is 6.50. The number of aromatic amines is 1. The quantitative estimate of drug-likeness (QED) is 0.152. The van der Waals surface area contributed by atoms with Gasteiger partial charge in [-0.1, -0.05) is 67.4 Å². The molecule has 0 radical (unpaired) electrons. The van der Waals surface area contributed by atoms with E-state index in [1.54, 1.807) is 0 Å². The molecular formula is C34H32ClN3O3. The molecule has 1 amide bonds. The van der Waals surface area contributed by atoms with Crippen molar-refractivity contribution in [3.8, 4) is 11.4 Å². The minimum atomic E-state index is -0.944. The fraction of sp³-hybridized carbons (Fsp3) is 0.206. The van der Waals surface area contributed by atoms with Crippen LogP contribution in [0.2, 0.25) is 5.02 Å². The maximum atomic E-state index is 12.6. The van der Waals surface area contributed by atoms with Crippen LogP contribution in [0.25, 0.3) is 22.3 Å². The van der Waals surface area contributed by atoms with Crippen LogP contribution in [0, 0.1) is 0 Å². The lowest BCUT2D eigenvalue weighted by molar-refractivity contribution is -0.136. The first-order valence-corrected chi connectivity index (χ1v) is 14.2. The Labute approximate surface area is 244 Å². The Balaban J connectivity index is 1.56. The van der Waals surface area contributed by atoms with Gasteiger partial charge in [-0.05, 0) is 77.6 Å². The number of hydrogen-bond donors (Lipinski definition) is 3. The lowest BCUT2D eigenvalue weighted by Gasteiger charge is -2.30. The highest BCUT2D eigenvalue weighted by molar-refractivity contribution is 6.30. The van der Waals surface area contributed by atoms with E-state index in [4.69, 9.17) is 21.7 Å². The van der Waals surface area contributed by atoms with Gasteiger partial charge in [-0.25, -0.2) is 4.98 Å². The van der Waals surface area contributed by atoms with Gasteiger partial charge >= 0.3 is 5.97 Å². The van der Waals surface area contributed by atoms with E-state index in [-0.39, 0.29) is 30.7 Å². The summed E-state index contributed by atoms with van der Waals surface area (Å²) in [6.45, 7) is 2.27. The molecule has 5 rings (SSSR count). The highest BCUT2D eigenvalue weighted by Gasteiger charge is 2.28. The van der Waals surface area contributed by atoms with Crippen LogP contribution in [-0.2, 0) is 4.79 Å². The Morgan fingerprint density at radius 2 is 1.68 bits per heavy atom. The van der Waals surface area contributed by atoms with Crippen LogP contribution in [0.3, 0.4) is 0 Å². The summed E-state index contributed by atoms with van der Waals surface area (Å²) < 4.78 is 0. The van der Waals surface area contributed by atoms with Gasteiger partial charge in [-0.15, -0.1) is 0 Å². The molecule has 1 unspecified atom stereocenters. The largest absolute Gasteiger partial charge is 0.481 e. The molecular weight excluding hydrogens is 534 g/mol. The van der Waals surface area contributed by atoms with Gasteiger partial charge in [0.15, 0.2) is 0 Å². The molecule has 2 heterocycles. The number of aliphatic carboxylic acids is 1.